The smallest absolute Gasteiger partial charge is 0.261 e. The second-order valence-corrected chi connectivity index (χ2v) is 9.33. The first-order valence-corrected chi connectivity index (χ1v) is 10.7. The van der Waals surface area contributed by atoms with E-state index in [1.165, 1.54) is 12.1 Å². The molecule has 27 heavy (non-hydrogen) atoms. The number of likely N-dealkylation sites (tertiary alicyclic amines) is 1. The van der Waals surface area contributed by atoms with Crippen LogP contribution in [0.5, 0.6) is 0 Å². The van der Waals surface area contributed by atoms with E-state index in [2.05, 4.69) is 18.6 Å². The van der Waals surface area contributed by atoms with E-state index in [0.717, 1.165) is 25.1 Å². The summed E-state index contributed by atoms with van der Waals surface area (Å²) in [4.78, 5) is 14.7. The summed E-state index contributed by atoms with van der Waals surface area (Å²) in [5.74, 6) is 0.927. The number of piperidine rings is 1. The molecule has 2 aromatic carbocycles. The van der Waals surface area contributed by atoms with Gasteiger partial charge in [0, 0.05) is 24.3 Å². The molecule has 1 N–H and O–H groups in total. The van der Waals surface area contributed by atoms with Gasteiger partial charge in [-0.2, -0.15) is 0 Å². The Hall–Kier alpha value is -2.34. The Morgan fingerprint density at radius 1 is 0.963 bits per heavy atom. The highest BCUT2D eigenvalue weighted by Crippen LogP contribution is 2.23. The maximum atomic E-state index is 12.7. The average Bonchev–Trinajstić information content (AvgIpc) is 2.62. The van der Waals surface area contributed by atoms with Gasteiger partial charge < -0.3 is 4.90 Å². The minimum atomic E-state index is -3.69. The Balaban J connectivity index is 1.74. The van der Waals surface area contributed by atoms with Crippen LogP contribution in [-0.4, -0.2) is 32.3 Å². The Morgan fingerprint density at radius 3 is 2.07 bits per heavy atom. The van der Waals surface area contributed by atoms with E-state index < -0.39 is 10.0 Å². The Bertz CT molecular complexity index is 895. The zero-order valence-electron chi connectivity index (χ0n) is 16.0. The van der Waals surface area contributed by atoms with Crippen molar-refractivity contribution in [1.82, 2.24) is 4.90 Å². The van der Waals surface area contributed by atoms with Gasteiger partial charge in [0.1, 0.15) is 0 Å². The van der Waals surface area contributed by atoms with Crippen LogP contribution < -0.4 is 4.72 Å². The predicted molar refractivity (Wildman–Crippen MR) is 107 cm³/mol. The third kappa shape index (κ3) is 4.69. The van der Waals surface area contributed by atoms with Crippen LogP contribution in [0, 0.1) is 18.8 Å². The molecule has 6 heteroatoms. The first-order valence-electron chi connectivity index (χ1n) is 9.23. The maximum Gasteiger partial charge on any atom is 0.261 e. The number of amides is 1. The molecule has 0 spiro atoms. The molecule has 144 valence electrons. The molecule has 5 nitrogen and oxygen atoms in total. The maximum absolute atomic E-state index is 12.7. The molecular weight excluding hydrogens is 360 g/mol. The minimum Gasteiger partial charge on any atom is -0.338 e. The van der Waals surface area contributed by atoms with E-state index >= 15 is 0 Å². The summed E-state index contributed by atoms with van der Waals surface area (Å²) in [5.41, 5.74) is 2.09. The van der Waals surface area contributed by atoms with Gasteiger partial charge in [-0.1, -0.05) is 31.5 Å². The van der Waals surface area contributed by atoms with Crippen LogP contribution in [0.25, 0.3) is 0 Å². The van der Waals surface area contributed by atoms with Crippen LogP contribution in [0.2, 0.25) is 0 Å². The standard InChI is InChI=1S/C21H26N2O3S/c1-15-4-8-19(9-5-15)22-27(25,26)20-10-6-18(7-11-20)21(24)23-13-16(2)12-17(3)14-23/h4-11,16-17,22H,12-14H2,1-3H3/t16-,17-/m1/s1. The van der Waals surface area contributed by atoms with Crippen molar-refractivity contribution in [2.24, 2.45) is 11.8 Å². The molecule has 1 heterocycles. The zero-order chi connectivity index (χ0) is 19.6. The fourth-order valence-electron chi connectivity index (χ4n) is 3.62. The predicted octanol–water partition coefficient (Wildman–Crippen LogP) is 3.91. The monoisotopic (exact) mass is 386 g/mol. The number of benzene rings is 2. The lowest BCUT2D eigenvalue weighted by atomic mass is 9.91. The van der Waals surface area contributed by atoms with Crippen molar-refractivity contribution in [3.8, 4) is 0 Å². The van der Waals surface area contributed by atoms with Gasteiger partial charge in [-0.25, -0.2) is 8.42 Å². The number of carbonyl (C=O) groups excluding carboxylic acids is 1. The average molecular weight is 387 g/mol. The van der Waals surface area contributed by atoms with Gasteiger partial charge in [0.05, 0.1) is 4.90 Å². The van der Waals surface area contributed by atoms with Gasteiger partial charge in [0.25, 0.3) is 15.9 Å². The second-order valence-electron chi connectivity index (χ2n) is 7.65. The van der Waals surface area contributed by atoms with Gasteiger partial charge in [-0.3, -0.25) is 9.52 Å². The molecule has 1 amide bonds. The number of carbonyl (C=O) groups is 1. The third-order valence-corrected chi connectivity index (χ3v) is 6.27. The van der Waals surface area contributed by atoms with Crippen molar-refractivity contribution in [1.29, 1.82) is 0 Å². The van der Waals surface area contributed by atoms with Crippen molar-refractivity contribution in [2.75, 3.05) is 17.8 Å². The highest BCUT2D eigenvalue weighted by atomic mass is 32.2. The summed E-state index contributed by atoms with van der Waals surface area (Å²) in [7, 11) is -3.69. The van der Waals surface area contributed by atoms with Crippen LogP contribution >= 0.6 is 0 Å². The number of hydrogen-bond acceptors (Lipinski definition) is 3. The van der Waals surface area contributed by atoms with Crippen LogP contribution in [-0.2, 0) is 10.0 Å². The number of nitrogens with one attached hydrogen (secondary N) is 1. The summed E-state index contributed by atoms with van der Waals surface area (Å²) >= 11 is 0. The summed E-state index contributed by atoms with van der Waals surface area (Å²) in [6.45, 7) is 7.75. The number of rotatable bonds is 4. The van der Waals surface area contributed by atoms with Crippen molar-refractivity contribution in [2.45, 2.75) is 32.1 Å². The molecule has 1 saturated heterocycles. The third-order valence-electron chi connectivity index (χ3n) is 4.87. The largest absolute Gasteiger partial charge is 0.338 e. The number of aryl methyl sites for hydroxylation is 1. The lowest BCUT2D eigenvalue weighted by molar-refractivity contribution is 0.0623. The van der Waals surface area contributed by atoms with Gasteiger partial charge in [0.2, 0.25) is 0 Å². The first-order chi connectivity index (χ1) is 12.7. The SMILES string of the molecule is Cc1ccc(NS(=O)(=O)c2ccc(C(=O)N3C[C@H](C)C[C@@H](C)C3)cc2)cc1. The molecule has 3 rings (SSSR count). The van der Waals surface area contributed by atoms with E-state index in [1.54, 1.807) is 24.3 Å². The minimum absolute atomic E-state index is 0.0381. The van der Waals surface area contributed by atoms with Crippen molar-refractivity contribution in [3.63, 3.8) is 0 Å². The highest BCUT2D eigenvalue weighted by Gasteiger charge is 2.26. The molecule has 0 radical (unpaired) electrons. The van der Waals surface area contributed by atoms with Crippen LogP contribution in [0.15, 0.2) is 53.4 Å². The summed E-state index contributed by atoms with van der Waals surface area (Å²) < 4.78 is 27.7. The molecule has 2 aromatic rings. The fraction of sp³-hybridized carbons (Fsp3) is 0.381. The van der Waals surface area contributed by atoms with Crippen molar-refractivity contribution >= 4 is 21.6 Å². The summed E-state index contributed by atoms with van der Waals surface area (Å²) in [5, 5.41) is 0. The number of anilines is 1. The van der Waals surface area contributed by atoms with E-state index in [9.17, 15) is 13.2 Å². The molecular formula is C21H26N2O3S. The van der Waals surface area contributed by atoms with Gasteiger partial charge >= 0.3 is 0 Å². The van der Waals surface area contributed by atoms with Crippen LogP contribution in [0.4, 0.5) is 5.69 Å². The number of hydrogen-bond donors (Lipinski definition) is 1. The molecule has 1 fully saturated rings. The van der Waals surface area contributed by atoms with E-state index in [4.69, 9.17) is 0 Å². The van der Waals surface area contributed by atoms with Gasteiger partial charge in [-0.15, -0.1) is 0 Å². The molecule has 0 aliphatic carbocycles. The van der Waals surface area contributed by atoms with E-state index in [1.807, 2.05) is 24.0 Å². The highest BCUT2D eigenvalue weighted by molar-refractivity contribution is 7.92. The van der Waals surface area contributed by atoms with Crippen molar-refractivity contribution < 1.29 is 13.2 Å². The second kappa shape index (κ2) is 7.72. The number of sulfonamides is 1. The number of nitrogens with zero attached hydrogens (tertiary/aromatic N) is 1. The van der Waals surface area contributed by atoms with E-state index in [0.29, 0.717) is 23.1 Å². The first kappa shape index (κ1) is 19.4. The summed E-state index contributed by atoms with van der Waals surface area (Å²) in [6.07, 6.45) is 1.13. The Kier molecular flexibility index (Phi) is 5.56. The van der Waals surface area contributed by atoms with Gasteiger partial charge in [-0.05, 0) is 61.6 Å². The Labute approximate surface area is 161 Å². The van der Waals surface area contributed by atoms with Crippen LogP contribution in [0.1, 0.15) is 36.2 Å². The molecule has 1 aliphatic rings. The molecule has 0 saturated carbocycles. The lowest BCUT2D eigenvalue weighted by Crippen LogP contribution is -2.42. The lowest BCUT2D eigenvalue weighted by Gasteiger charge is -2.35. The topological polar surface area (TPSA) is 66.5 Å². The quantitative estimate of drug-likeness (QED) is 0.866. The molecule has 0 bridgehead atoms. The molecule has 0 unspecified atom stereocenters. The molecule has 2 atom stereocenters. The molecule has 0 aromatic heterocycles. The van der Waals surface area contributed by atoms with E-state index in [-0.39, 0.29) is 10.8 Å². The van der Waals surface area contributed by atoms with Crippen molar-refractivity contribution in [3.05, 3.63) is 59.7 Å². The van der Waals surface area contributed by atoms with Gasteiger partial charge in [0.15, 0.2) is 0 Å². The summed E-state index contributed by atoms with van der Waals surface area (Å²) in [6, 6.07) is 13.3. The molecule has 1 aliphatic heterocycles. The Morgan fingerprint density at radius 2 is 1.52 bits per heavy atom. The fourth-order valence-corrected chi connectivity index (χ4v) is 4.68. The van der Waals surface area contributed by atoms with Crippen LogP contribution in [0.3, 0.4) is 0 Å². The zero-order valence-corrected chi connectivity index (χ0v) is 16.8. The normalized spacial score (nSPS) is 20.3.